The summed E-state index contributed by atoms with van der Waals surface area (Å²) in [4.78, 5) is 29.7. The number of benzene rings is 2. The fraction of sp³-hybridized carbons (Fsp3) is 0. The topological polar surface area (TPSA) is 81.3 Å². The van der Waals surface area contributed by atoms with Gasteiger partial charge in [-0.15, -0.1) is 0 Å². The second kappa shape index (κ2) is 6.72. The van der Waals surface area contributed by atoms with Crippen LogP contribution in [0.4, 0.5) is 0 Å². The Morgan fingerprint density at radius 1 is 0.897 bits per heavy atom. The van der Waals surface area contributed by atoms with E-state index in [0.717, 1.165) is 15.8 Å². The molecule has 5 rings (SSSR count). The lowest BCUT2D eigenvalue weighted by Crippen LogP contribution is -2.32. The van der Waals surface area contributed by atoms with Crippen LogP contribution in [0.5, 0.6) is 0 Å². The molecule has 2 aromatic carbocycles. The number of rotatable bonds is 3. The summed E-state index contributed by atoms with van der Waals surface area (Å²) in [6, 6.07) is 20.3. The molecule has 1 N–H and O–H groups in total. The van der Waals surface area contributed by atoms with Crippen molar-refractivity contribution in [1.82, 2.24) is 19.3 Å². The monoisotopic (exact) mass is 381 g/mol. The number of amides is 1. The molecule has 0 aliphatic rings. The van der Waals surface area contributed by atoms with Crippen LogP contribution >= 0.6 is 0 Å². The molecule has 0 saturated carbocycles. The minimum Gasteiger partial charge on any atom is -0.267 e. The van der Waals surface area contributed by atoms with E-state index in [4.69, 9.17) is 0 Å². The summed E-state index contributed by atoms with van der Waals surface area (Å²) < 4.78 is 2.80. The minimum atomic E-state index is -0.377. The van der Waals surface area contributed by atoms with Crippen LogP contribution in [0.3, 0.4) is 0 Å². The smallest absolute Gasteiger partial charge is 0.267 e. The van der Waals surface area contributed by atoms with Crippen LogP contribution in [0.1, 0.15) is 10.4 Å². The molecule has 0 saturated heterocycles. The first kappa shape index (κ1) is 16.9. The molecule has 0 atom stereocenters. The van der Waals surface area contributed by atoms with Crippen molar-refractivity contribution in [2.24, 2.45) is 0 Å². The fourth-order valence-corrected chi connectivity index (χ4v) is 3.29. The Hall–Kier alpha value is -4.26. The molecule has 1 amide bonds. The molecule has 5 aromatic rings. The second-order valence-corrected chi connectivity index (χ2v) is 6.51. The number of aromatic nitrogens is 4. The summed E-state index contributed by atoms with van der Waals surface area (Å²) in [6.07, 6.45) is 4.78. The van der Waals surface area contributed by atoms with Crippen LogP contribution < -0.4 is 11.0 Å². The van der Waals surface area contributed by atoms with Crippen LogP contribution in [0.25, 0.3) is 27.7 Å². The Kier molecular flexibility index (Phi) is 3.91. The Morgan fingerprint density at radius 2 is 1.62 bits per heavy atom. The van der Waals surface area contributed by atoms with E-state index in [-0.39, 0.29) is 11.5 Å². The van der Waals surface area contributed by atoms with Crippen molar-refractivity contribution in [3.63, 3.8) is 0 Å². The van der Waals surface area contributed by atoms with Gasteiger partial charge in [-0.05, 0) is 23.8 Å². The molecule has 0 bridgehead atoms. The van der Waals surface area contributed by atoms with Gasteiger partial charge in [-0.2, -0.15) is 5.10 Å². The maximum Gasteiger partial charge on any atom is 0.280 e. The molecular formula is C22H15N5O2. The average Bonchev–Trinajstić information content (AvgIpc) is 3.21. The van der Waals surface area contributed by atoms with E-state index < -0.39 is 0 Å². The quantitative estimate of drug-likeness (QED) is 0.521. The molecule has 7 heteroatoms. The first-order valence-corrected chi connectivity index (χ1v) is 9.02. The van der Waals surface area contributed by atoms with Gasteiger partial charge in [0.05, 0.1) is 17.1 Å². The zero-order valence-electron chi connectivity index (χ0n) is 15.2. The highest BCUT2D eigenvalue weighted by atomic mass is 16.2. The molecular weight excluding hydrogens is 366 g/mol. The number of carbonyl (C=O) groups is 1. The van der Waals surface area contributed by atoms with Crippen LogP contribution in [0, 0.1) is 0 Å². The van der Waals surface area contributed by atoms with E-state index in [1.807, 2.05) is 36.4 Å². The van der Waals surface area contributed by atoms with Crippen molar-refractivity contribution in [2.45, 2.75) is 0 Å². The Labute approximate surface area is 164 Å². The van der Waals surface area contributed by atoms with Crippen molar-refractivity contribution in [3.8, 4) is 11.1 Å². The molecule has 0 spiro atoms. The fourth-order valence-electron chi connectivity index (χ4n) is 3.29. The van der Waals surface area contributed by atoms with Gasteiger partial charge in [0.15, 0.2) is 5.65 Å². The maximum atomic E-state index is 12.9. The normalized spacial score (nSPS) is 11.0. The van der Waals surface area contributed by atoms with E-state index in [9.17, 15) is 9.59 Å². The molecule has 29 heavy (non-hydrogen) atoms. The second-order valence-electron chi connectivity index (χ2n) is 6.51. The Bertz CT molecular complexity index is 1410. The Balaban J connectivity index is 1.59. The highest BCUT2D eigenvalue weighted by Crippen LogP contribution is 2.24. The molecule has 0 aliphatic carbocycles. The van der Waals surface area contributed by atoms with Crippen molar-refractivity contribution in [1.29, 1.82) is 0 Å². The summed E-state index contributed by atoms with van der Waals surface area (Å²) >= 11 is 0. The third-order valence-corrected chi connectivity index (χ3v) is 4.74. The SMILES string of the molecule is O=C(Nn1ccc2c(cnc3c(-c4ccccc4)cnn32)c1=O)c1ccccc1. The number of hydrogen-bond donors (Lipinski definition) is 1. The third kappa shape index (κ3) is 2.85. The van der Waals surface area contributed by atoms with Gasteiger partial charge in [0.1, 0.15) is 0 Å². The van der Waals surface area contributed by atoms with E-state index in [1.54, 1.807) is 41.0 Å². The first-order valence-electron chi connectivity index (χ1n) is 9.02. The number of carbonyl (C=O) groups excluding carboxylic acids is 1. The number of nitrogens with one attached hydrogen (secondary N) is 1. The van der Waals surface area contributed by atoms with Crippen LogP contribution in [-0.4, -0.2) is 25.2 Å². The highest BCUT2D eigenvalue weighted by Gasteiger charge is 2.14. The largest absolute Gasteiger partial charge is 0.280 e. The Morgan fingerprint density at radius 3 is 2.38 bits per heavy atom. The van der Waals surface area contributed by atoms with Gasteiger partial charge in [-0.1, -0.05) is 48.5 Å². The summed E-state index contributed by atoms with van der Waals surface area (Å²) in [6.45, 7) is 0. The molecule has 0 radical (unpaired) electrons. The maximum absolute atomic E-state index is 12.9. The van der Waals surface area contributed by atoms with Crippen molar-refractivity contribution < 1.29 is 4.79 Å². The molecule has 3 heterocycles. The lowest BCUT2D eigenvalue weighted by Gasteiger charge is -2.09. The predicted molar refractivity (Wildman–Crippen MR) is 110 cm³/mol. The zero-order chi connectivity index (χ0) is 19.8. The molecule has 0 aliphatic heterocycles. The van der Waals surface area contributed by atoms with Crippen molar-refractivity contribution in [3.05, 3.63) is 101 Å². The number of fused-ring (bicyclic) bond motifs is 3. The molecule has 7 nitrogen and oxygen atoms in total. The van der Waals surface area contributed by atoms with Gasteiger partial charge in [-0.3, -0.25) is 15.0 Å². The van der Waals surface area contributed by atoms with Crippen molar-refractivity contribution in [2.75, 3.05) is 5.43 Å². The van der Waals surface area contributed by atoms with E-state index in [0.29, 0.717) is 22.1 Å². The van der Waals surface area contributed by atoms with Crippen LogP contribution in [0.15, 0.2) is 90.1 Å². The van der Waals surface area contributed by atoms with Crippen LogP contribution in [0.2, 0.25) is 0 Å². The summed E-state index contributed by atoms with van der Waals surface area (Å²) in [5.41, 5.74) is 5.85. The van der Waals surface area contributed by atoms with Gasteiger partial charge in [0.2, 0.25) is 0 Å². The van der Waals surface area contributed by atoms with Gasteiger partial charge in [0.25, 0.3) is 11.5 Å². The van der Waals surface area contributed by atoms with E-state index in [1.165, 1.54) is 12.4 Å². The standard InChI is InChI=1S/C22H15N5O2/c28-21(16-9-5-2-6-10-16)25-26-12-11-19-18(22(26)29)13-23-20-17(14-24-27(19)20)15-7-3-1-4-8-15/h1-14H,(H,25,28). The number of nitrogens with zero attached hydrogens (tertiary/aromatic N) is 4. The molecule has 0 unspecified atom stereocenters. The van der Waals surface area contributed by atoms with Gasteiger partial charge < -0.3 is 0 Å². The van der Waals surface area contributed by atoms with Gasteiger partial charge in [0, 0.05) is 23.5 Å². The van der Waals surface area contributed by atoms with Gasteiger partial charge >= 0.3 is 0 Å². The van der Waals surface area contributed by atoms with E-state index in [2.05, 4.69) is 15.5 Å². The van der Waals surface area contributed by atoms with Crippen LogP contribution in [-0.2, 0) is 0 Å². The minimum absolute atomic E-state index is 0.357. The molecule has 0 fully saturated rings. The molecule has 140 valence electrons. The van der Waals surface area contributed by atoms with E-state index >= 15 is 0 Å². The highest BCUT2D eigenvalue weighted by molar-refractivity contribution is 6.00. The summed E-state index contributed by atoms with van der Waals surface area (Å²) in [5, 5.41) is 4.78. The predicted octanol–water partition coefficient (Wildman–Crippen LogP) is 3.10. The third-order valence-electron chi connectivity index (χ3n) is 4.74. The average molecular weight is 381 g/mol. The number of hydrogen-bond acceptors (Lipinski definition) is 4. The summed E-state index contributed by atoms with van der Waals surface area (Å²) in [5.74, 6) is -0.369. The lowest BCUT2D eigenvalue weighted by atomic mass is 10.1. The summed E-state index contributed by atoms with van der Waals surface area (Å²) in [7, 11) is 0. The first-order chi connectivity index (χ1) is 14.2. The van der Waals surface area contributed by atoms with Crippen molar-refractivity contribution >= 4 is 22.5 Å². The molecule has 3 aromatic heterocycles. The lowest BCUT2D eigenvalue weighted by molar-refractivity contribution is 0.101. The van der Waals surface area contributed by atoms with Gasteiger partial charge in [-0.25, -0.2) is 14.2 Å². The number of pyridine rings is 1. The zero-order valence-corrected chi connectivity index (χ0v) is 15.2.